The van der Waals surface area contributed by atoms with Crippen LogP contribution in [0.2, 0.25) is 0 Å². The molecule has 0 aliphatic carbocycles. The molecule has 2 spiro atoms. The fourth-order valence-corrected chi connectivity index (χ4v) is 6.30. The SMILES string of the molecule is CCN1CC[C@@]2(CN(CCOC)CC23CCN(Cc2nccs2)CC3)C1=O. The van der Waals surface area contributed by atoms with Crippen molar-refractivity contribution in [2.75, 3.05) is 59.5 Å². The number of ether oxygens (including phenoxy) is 1. The summed E-state index contributed by atoms with van der Waals surface area (Å²) in [5.41, 5.74) is -0.0504. The van der Waals surface area contributed by atoms with E-state index in [1.54, 1.807) is 18.4 Å². The van der Waals surface area contributed by atoms with Crippen LogP contribution >= 0.6 is 11.3 Å². The molecule has 3 aliphatic rings. The van der Waals surface area contributed by atoms with Crippen LogP contribution in [0.1, 0.15) is 31.2 Å². The Morgan fingerprint density at radius 2 is 2.00 bits per heavy atom. The average molecular weight is 393 g/mol. The number of amides is 1. The molecule has 3 fully saturated rings. The summed E-state index contributed by atoms with van der Waals surface area (Å²) in [5.74, 6) is 0.415. The number of likely N-dealkylation sites (tertiary alicyclic amines) is 3. The third-order valence-corrected chi connectivity index (χ3v) is 7.95. The molecule has 3 aliphatic heterocycles. The molecule has 7 heteroatoms. The molecule has 0 N–H and O–H groups in total. The summed E-state index contributed by atoms with van der Waals surface area (Å²) < 4.78 is 5.32. The highest BCUT2D eigenvalue weighted by Gasteiger charge is 2.64. The van der Waals surface area contributed by atoms with Crippen LogP contribution in [0.25, 0.3) is 0 Å². The fraction of sp³-hybridized carbons (Fsp3) is 0.800. The maximum Gasteiger partial charge on any atom is 0.230 e. The van der Waals surface area contributed by atoms with Crippen molar-refractivity contribution >= 4 is 17.2 Å². The largest absolute Gasteiger partial charge is 0.383 e. The first-order valence-electron chi connectivity index (χ1n) is 10.2. The van der Waals surface area contributed by atoms with Crippen LogP contribution < -0.4 is 0 Å². The van der Waals surface area contributed by atoms with E-state index in [0.29, 0.717) is 5.91 Å². The summed E-state index contributed by atoms with van der Waals surface area (Å²) in [6.07, 6.45) is 5.15. The Balaban J connectivity index is 1.51. The minimum atomic E-state index is -0.177. The van der Waals surface area contributed by atoms with Crippen LogP contribution in [0.3, 0.4) is 0 Å². The molecule has 0 radical (unpaired) electrons. The highest BCUT2D eigenvalue weighted by Crippen LogP contribution is 2.57. The number of carbonyl (C=O) groups is 1. The number of fused-ring (bicyclic) bond motifs is 1. The van der Waals surface area contributed by atoms with Crippen molar-refractivity contribution in [2.24, 2.45) is 10.8 Å². The van der Waals surface area contributed by atoms with Crippen molar-refractivity contribution in [3.05, 3.63) is 16.6 Å². The number of nitrogens with zero attached hydrogens (tertiary/aromatic N) is 4. The Labute approximate surface area is 166 Å². The number of thiazole rings is 1. The van der Waals surface area contributed by atoms with E-state index < -0.39 is 0 Å². The van der Waals surface area contributed by atoms with Gasteiger partial charge in [-0.05, 0) is 39.3 Å². The van der Waals surface area contributed by atoms with Gasteiger partial charge in [0.15, 0.2) is 0 Å². The zero-order chi connectivity index (χ0) is 18.9. The van der Waals surface area contributed by atoms with Gasteiger partial charge in [-0.25, -0.2) is 4.98 Å². The standard InChI is InChI=1S/C20H32N4O2S/c1-3-24-10-6-20(18(24)25)16-23(11-12-26-2)15-19(20)4-8-22(9-5-19)14-17-21-7-13-27-17/h7,13H,3-6,8-12,14-16H2,1-2H3/t20-/m1/s1. The molecule has 0 unspecified atom stereocenters. The molecule has 4 rings (SSSR count). The molecule has 1 aromatic heterocycles. The number of methoxy groups -OCH3 is 1. The van der Waals surface area contributed by atoms with Crippen molar-refractivity contribution in [2.45, 2.75) is 32.7 Å². The summed E-state index contributed by atoms with van der Waals surface area (Å²) in [6.45, 7) is 10.6. The van der Waals surface area contributed by atoms with Crippen molar-refractivity contribution < 1.29 is 9.53 Å². The maximum atomic E-state index is 13.4. The van der Waals surface area contributed by atoms with E-state index in [2.05, 4.69) is 32.0 Å². The van der Waals surface area contributed by atoms with E-state index in [1.807, 2.05) is 6.20 Å². The summed E-state index contributed by atoms with van der Waals surface area (Å²) in [7, 11) is 1.76. The maximum absolute atomic E-state index is 13.4. The number of rotatable bonds is 6. The van der Waals surface area contributed by atoms with Crippen LogP contribution in [0.15, 0.2) is 11.6 Å². The number of hydrogen-bond donors (Lipinski definition) is 0. The molecule has 150 valence electrons. The number of piperidine rings is 1. The van der Waals surface area contributed by atoms with Crippen molar-refractivity contribution in [1.82, 2.24) is 19.7 Å². The zero-order valence-electron chi connectivity index (χ0n) is 16.7. The van der Waals surface area contributed by atoms with E-state index in [-0.39, 0.29) is 10.8 Å². The minimum Gasteiger partial charge on any atom is -0.383 e. The molecule has 1 amide bonds. The van der Waals surface area contributed by atoms with E-state index in [0.717, 1.165) is 78.2 Å². The van der Waals surface area contributed by atoms with Gasteiger partial charge >= 0.3 is 0 Å². The van der Waals surface area contributed by atoms with E-state index >= 15 is 0 Å². The third kappa shape index (κ3) is 3.33. The van der Waals surface area contributed by atoms with Gasteiger partial charge in [0.05, 0.1) is 18.6 Å². The Kier molecular flexibility index (Phi) is 5.56. The molecular weight excluding hydrogens is 360 g/mol. The van der Waals surface area contributed by atoms with Gasteiger partial charge in [-0.15, -0.1) is 11.3 Å². The van der Waals surface area contributed by atoms with Crippen LogP contribution in [0, 0.1) is 10.8 Å². The van der Waals surface area contributed by atoms with Gasteiger partial charge in [-0.3, -0.25) is 14.6 Å². The van der Waals surface area contributed by atoms with Crippen LogP contribution in [0.4, 0.5) is 0 Å². The fourth-order valence-electron chi connectivity index (χ4n) is 5.64. The van der Waals surface area contributed by atoms with E-state index in [9.17, 15) is 4.79 Å². The highest BCUT2D eigenvalue weighted by molar-refractivity contribution is 7.09. The zero-order valence-corrected chi connectivity index (χ0v) is 17.5. The van der Waals surface area contributed by atoms with Crippen LogP contribution in [-0.2, 0) is 16.1 Å². The summed E-state index contributed by atoms with van der Waals surface area (Å²) >= 11 is 1.74. The Hall–Kier alpha value is -1.02. The molecule has 3 saturated heterocycles. The molecule has 27 heavy (non-hydrogen) atoms. The second-order valence-corrected chi connectivity index (χ2v) is 9.38. The normalized spacial score (nSPS) is 28.8. The third-order valence-electron chi connectivity index (χ3n) is 7.19. The second kappa shape index (κ2) is 7.78. The first-order chi connectivity index (χ1) is 13.1. The van der Waals surface area contributed by atoms with Crippen molar-refractivity contribution in [1.29, 1.82) is 0 Å². The van der Waals surface area contributed by atoms with Crippen LogP contribution in [0.5, 0.6) is 0 Å². The Morgan fingerprint density at radius 1 is 1.19 bits per heavy atom. The average Bonchev–Trinajstić information content (AvgIpc) is 3.37. The Bertz CT molecular complexity index is 644. The lowest BCUT2D eigenvalue weighted by Gasteiger charge is -2.47. The van der Waals surface area contributed by atoms with Gasteiger partial charge in [0.2, 0.25) is 5.91 Å². The van der Waals surface area contributed by atoms with Gasteiger partial charge in [-0.1, -0.05) is 0 Å². The van der Waals surface area contributed by atoms with E-state index in [1.165, 1.54) is 5.01 Å². The molecule has 0 saturated carbocycles. The minimum absolute atomic E-state index is 0.126. The molecule has 4 heterocycles. The van der Waals surface area contributed by atoms with Crippen LogP contribution in [-0.4, -0.2) is 85.1 Å². The highest BCUT2D eigenvalue weighted by atomic mass is 32.1. The van der Waals surface area contributed by atoms with Crippen molar-refractivity contribution in [3.8, 4) is 0 Å². The van der Waals surface area contributed by atoms with Gasteiger partial charge < -0.3 is 9.64 Å². The molecular formula is C20H32N4O2S. The lowest BCUT2D eigenvalue weighted by atomic mass is 9.60. The lowest BCUT2D eigenvalue weighted by molar-refractivity contribution is -0.142. The molecule has 6 nitrogen and oxygen atoms in total. The Morgan fingerprint density at radius 3 is 2.63 bits per heavy atom. The second-order valence-electron chi connectivity index (χ2n) is 8.40. The van der Waals surface area contributed by atoms with Gasteiger partial charge in [0.1, 0.15) is 5.01 Å². The topological polar surface area (TPSA) is 48.9 Å². The molecule has 0 aromatic carbocycles. The summed E-state index contributed by atoms with van der Waals surface area (Å²) in [4.78, 5) is 25.0. The number of carbonyl (C=O) groups excluding carboxylic acids is 1. The molecule has 0 bridgehead atoms. The number of hydrogen-bond acceptors (Lipinski definition) is 6. The quantitative estimate of drug-likeness (QED) is 0.740. The lowest BCUT2D eigenvalue weighted by Crippen LogP contribution is -2.52. The molecule has 1 atom stereocenters. The number of aromatic nitrogens is 1. The van der Waals surface area contributed by atoms with Crippen molar-refractivity contribution in [3.63, 3.8) is 0 Å². The monoisotopic (exact) mass is 392 g/mol. The smallest absolute Gasteiger partial charge is 0.230 e. The summed E-state index contributed by atoms with van der Waals surface area (Å²) in [5, 5.41) is 3.25. The first-order valence-corrected chi connectivity index (χ1v) is 11.1. The van der Waals surface area contributed by atoms with Gasteiger partial charge in [0.25, 0.3) is 0 Å². The molecule has 1 aromatic rings. The van der Waals surface area contributed by atoms with E-state index in [4.69, 9.17) is 4.74 Å². The predicted octanol–water partition coefficient (Wildman–Crippen LogP) is 1.93. The van der Waals surface area contributed by atoms with Gasteiger partial charge in [0, 0.05) is 56.8 Å². The first kappa shape index (κ1) is 19.3. The van der Waals surface area contributed by atoms with Gasteiger partial charge in [-0.2, -0.15) is 0 Å². The summed E-state index contributed by atoms with van der Waals surface area (Å²) in [6, 6.07) is 0. The predicted molar refractivity (Wildman–Crippen MR) is 107 cm³/mol.